The van der Waals surface area contributed by atoms with Gasteiger partial charge in [0.25, 0.3) is 0 Å². The van der Waals surface area contributed by atoms with E-state index in [0.29, 0.717) is 19.4 Å². The third-order valence-electron chi connectivity index (χ3n) is 4.89. The van der Waals surface area contributed by atoms with Gasteiger partial charge < -0.3 is 9.08 Å². The number of anilines is 1. The zero-order chi connectivity index (χ0) is 23.3. The maximum Gasteiger partial charge on any atom is 0.534 e. The first-order valence-corrected chi connectivity index (χ1v) is 10.4. The van der Waals surface area contributed by atoms with Gasteiger partial charge in [0.1, 0.15) is 23.6 Å². The summed E-state index contributed by atoms with van der Waals surface area (Å²) < 4.78 is 80.8. The van der Waals surface area contributed by atoms with Crippen molar-refractivity contribution in [3.05, 3.63) is 58.2 Å². The first kappa shape index (κ1) is 21.7. The average molecular weight is 475 g/mol. The van der Waals surface area contributed by atoms with Gasteiger partial charge in [-0.15, -0.1) is 0 Å². The minimum Gasteiger partial charge on any atom is -0.376 e. The van der Waals surface area contributed by atoms with Crippen molar-refractivity contribution in [1.29, 1.82) is 0 Å². The van der Waals surface area contributed by atoms with Crippen LogP contribution in [-0.4, -0.2) is 40.0 Å². The van der Waals surface area contributed by atoms with E-state index in [0.717, 1.165) is 24.4 Å². The highest BCUT2D eigenvalue weighted by atomic mass is 32.2. The number of nitrogens with zero attached hydrogens (tertiary/aromatic N) is 5. The van der Waals surface area contributed by atoms with Crippen LogP contribution in [0.2, 0.25) is 0 Å². The summed E-state index contributed by atoms with van der Waals surface area (Å²) in [5, 5.41) is 15.0. The van der Waals surface area contributed by atoms with E-state index in [1.54, 1.807) is 4.90 Å². The first-order valence-electron chi connectivity index (χ1n) is 9.03. The highest BCUT2D eigenvalue weighted by Crippen LogP contribution is 2.41. The van der Waals surface area contributed by atoms with Gasteiger partial charge in [-0.25, -0.2) is 13.9 Å². The molecule has 0 radical (unpaired) electrons. The Kier molecular flexibility index (Phi) is 5.15. The third kappa shape index (κ3) is 3.79. The van der Waals surface area contributed by atoms with E-state index in [9.17, 15) is 36.1 Å². The van der Waals surface area contributed by atoms with Crippen LogP contribution in [0.4, 0.5) is 29.1 Å². The van der Waals surface area contributed by atoms with Crippen molar-refractivity contribution < 1.29 is 35.1 Å². The van der Waals surface area contributed by atoms with Crippen LogP contribution in [-0.2, 0) is 10.1 Å². The Labute approximate surface area is 177 Å². The number of rotatable bonds is 5. The number of hydrogen-bond donors (Lipinski definition) is 0. The molecule has 0 saturated carbocycles. The second-order valence-electron chi connectivity index (χ2n) is 6.86. The van der Waals surface area contributed by atoms with Gasteiger partial charge in [0.15, 0.2) is 0 Å². The molecular weight excluding hydrogens is 462 g/mol. The lowest BCUT2D eigenvalue weighted by molar-refractivity contribution is -0.383. The van der Waals surface area contributed by atoms with Gasteiger partial charge in [-0.1, -0.05) is 0 Å². The van der Waals surface area contributed by atoms with Crippen LogP contribution >= 0.6 is 0 Å². The molecule has 1 saturated heterocycles. The molecule has 3 aromatic rings. The van der Waals surface area contributed by atoms with E-state index in [1.165, 1.54) is 16.8 Å². The van der Waals surface area contributed by atoms with Crippen LogP contribution in [0.1, 0.15) is 24.4 Å². The van der Waals surface area contributed by atoms with Crippen LogP contribution in [0.3, 0.4) is 0 Å². The lowest BCUT2D eigenvalue weighted by Gasteiger charge is -2.27. The molecule has 1 fully saturated rings. The third-order valence-corrected chi connectivity index (χ3v) is 5.86. The summed E-state index contributed by atoms with van der Waals surface area (Å²) in [6.45, 7) is 0.331. The average Bonchev–Trinajstić information content (AvgIpc) is 3.34. The van der Waals surface area contributed by atoms with E-state index < -0.39 is 38.2 Å². The van der Waals surface area contributed by atoms with Gasteiger partial charge in [0.05, 0.1) is 11.0 Å². The maximum absolute atomic E-state index is 14.0. The molecule has 10 nitrogen and oxygen atoms in total. The molecule has 0 N–H and O–H groups in total. The molecule has 15 heteroatoms. The van der Waals surface area contributed by atoms with Gasteiger partial charge in [0.2, 0.25) is 5.65 Å². The fourth-order valence-corrected chi connectivity index (χ4v) is 4.00. The van der Waals surface area contributed by atoms with E-state index in [4.69, 9.17) is 0 Å². The second kappa shape index (κ2) is 7.58. The lowest BCUT2D eigenvalue weighted by Crippen LogP contribution is -2.29. The minimum absolute atomic E-state index is 0.0616. The highest BCUT2D eigenvalue weighted by molar-refractivity contribution is 7.88. The summed E-state index contributed by atoms with van der Waals surface area (Å²) in [5.74, 6) is -1.26. The van der Waals surface area contributed by atoms with Crippen LogP contribution in [0.25, 0.3) is 5.65 Å². The molecule has 32 heavy (non-hydrogen) atoms. The van der Waals surface area contributed by atoms with Crippen molar-refractivity contribution in [1.82, 2.24) is 14.6 Å². The second-order valence-corrected chi connectivity index (χ2v) is 8.40. The molecule has 1 unspecified atom stereocenters. The molecule has 170 valence electrons. The van der Waals surface area contributed by atoms with E-state index in [-0.39, 0.29) is 22.7 Å². The molecule has 0 spiro atoms. The van der Waals surface area contributed by atoms with Gasteiger partial charge in [0, 0.05) is 18.3 Å². The van der Waals surface area contributed by atoms with Crippen molar-refractivity contribution in [3.63, 3.8) is 0 Å². The number of benzene rings is 1. The Balaban J connectivity index is 1.76. The van der Waals surface area contributed by atoms with E-state index in [2.05, 4.69) is 14.3 Å². The molecule has 1 aliphatic rings. The van der Waals surface area contributed by atoms with Crippen molar-refractivity contribution in [2.45, 2.75) is 24.4 Å². The predicted molar refractivity (Wildman–Crippen MR) is 101 cm³/mol. The summed E-state index contributed by atoms with van der Waals surface area (Å²) in [5.41, 5.74) is -6.20. The molecule has 0 amide bonds. The topological polar surface area (TPSA) is 120 Å². The first-order chi connectivity index (χ1) is 15.0. The van der Waals surface area contributed by atoms with Crippen molar-refractivity contribution in [2.24, 2.45) is 0 Å². The summed E-state index contributed by atoms with van der Waals surface area (Å²) >= 11 is 0. The van der Waals surface area contributed by atoms with Crippen LogP contribution in [0, 0.1) is 15.9 Å². The molecule has 1 aromatic carbocycles. The minimum atomic E-state index is -5.98. The quantitative estimate of drug-likeness (QED) is 0.181. The number of aromatic nitrogens is 3. The Bertz CT molecular complexity index is 1310. The number of nitro groups is 1. The fourth-order valence-electron chi connectivity index (χ4n) is 3.52. The van der Waals surface area contributed by atoms with Gasteiger partial charge in [-0.3, -0.25) is 10.1 Å². The summed E-state index contributed by atoms with van der Waals surface area (Å²) in [6, 6.07) is 3.17. The number of alkyl halides is 3. The fraction of sp³-hybridized carbons (Fsp3) is 0.294. The zero-order valence-corrected chi connectivity index (χ0v) is 16.7. The van der Waals surface area contributed by atoms with Gasteiger partial charge in [-0.2, -0.15) is 26.7 Å². The summed E-state index contributed by atoms with van der Waals surface area (Å²) in [7, 11) is -5.98. The Morgan fingerprint density at radius 1 is 1.25 bits per heavy atom. The summed E-state index contributed by atoms with van der Waals surface area (Å²) in [6.07, 6.45) is 3.27. The van der Waals surface area contributed by atoms with Crippen LogP contribution in [0.15, 0.2) is 36.7 Å². The largest absolute Gasteiger partial charge is 0.534 e. The molecule has 1 atom stereocenters. The number of fused-ring (bicyclic) bond motifs is 1. The van der Waals surface area contributed by atoms with E-state index >= 15 is 0 Å². The standard InChI is InChI=1S/C17H13F4N5O5S/c18-10-3-4-14(31-32(29,30)17(19,20)21)11(8-10)12-2-1-6-24(12)15-5-7-25-16(23-15)13(9-22-25)26(27)28/h3-5,7-9,12H,1-2,6H2. The lowest BCUT2D eigenvalue weighted by atomic mass is 10.0. The van der Waals surface area contributed by atoms with Crippen molar-refractivity contribution in [2.75, 3.05) is 11.4 Å². The predicted octanol–water partition coefficient (Wildman–Crippen LogP) is 3.35. The maximum atomic E-state index is 14.0. The number of hydrogen-bond acceptors (Lipinski definition) is 8. The summed E-state index contributed by atoms with van der Waals surface area (Å²) in [4.78, 5) is 16.3. The SMILES string of the molecule is O=[N+]([O-])c1cnn2ccc(N3CCCC3c3cc(F)ccc3OS(=O)(=O)C(F)(F)F)nc12. The molecule has 4 rings (SSSR count). The van der Waals surface area contributed by atoms with E-state index in [1.807, 2.05) is 0 Å². The molecule has 0 bridgehead atoms. The smallest absolute Gasteiger partial charge is 0.376 e. The molecule has 3 heterocycles. The molecular formula is C17H13F4N5O5S. The molecule has 2 aromatic heterocycles. The van der Waals surface area contributed by atoms with Crippen LogP contribution < -0.4 is 9.08 Å². The van der Waals surface area contributed by atoms with Gasteiger partial charge >= 0.3 is 21.3 Å². The zero-order valence-electron chi connectivity index (χ0n) is 15.9. The molecule has 0 aliphatic carbocycles. The monoisotopic (exact) mass is 475 g/mol. The van der Waals surface area contributed by atoms with Crippen molar-refractivity contribution in [3.8, 4) is 5.75 Å². The highest BCUT2D eigenvalue weighted by Gasteiger charge is 2.49. The Morgan fingerprint density at radius 2 is 2.00 bits per heavy atom. The number of halogens is 4. The van der Waals surface area contributed by atoms with Gasteiger partial charge in [-0.05, 0) is 37.1 Å². The Hall–Kier alpha value is -3.49. The Morgan fingerprint density at radius 3 is 2.69 bits per heavy atom. The normalized spacial score (nSPS) is 17.1. The molecule has 1 aliphatic heterocycles. The van der Waals surface area contributed by atoms with Crippen LogP contribution in [0.5, 0.6) is 5.75 Å². The van der Waals surface area contributed by atoms with Crippen molar-refractivity contribution >= 4 is 27.3 Å².